The normalized spacial score (nSPS) is 13.8. The Morgan fingerprint density at radius 3 is 2.50 bits per heavy atom. The molecule has 0 aliphatic heterocycles. The summed E-state index contributed by atoms with van der Waals surface area (Å²) in [5.41, 5.74) is 13.6. The molecule has 0 spiro atoms. The second-order valence-corrected chi connectivity index (χ2v) is 11.7. The van der Waals surface area contributed by atoms with Crippen molar-refractivity contribution < 1.29 is 17.9 Å². The van der Waals surface area contributed by atoms with Crippen LogP contribution < -0.4 is 22.5 Å². The number of methoxy groups -OCH3 is 1. The van der Waals surface area contributed by atoms with Gasteiger partial charge in [-0.15, -0.1) is 0 Å². The molecule has 2 aromatic heterocycles. The molecule has 5 rings (SSSR count). The number of hydrogen-bond acceptors (Lipinski definition) is 6. The fourth-order valence-electron chi connectivity index (χ4n) is 4.82. The van der Waals surface area contributed by atoms with Crippen molar-refractivity contribution in [2.45, 2.75) is 70.6 Å². The van der Waals surface area contributed by atoms with Gasteiger partial charge in [-0.05, 0) is 92.2 Å². The third-order valence-electron chi connectivity index (χ3n) is 7.33. The van der Waals surface area contributed by atoms with Crippen LogP contribution in [0, 0.1) is 0 Å². The highest BCUT2D eigenvalue weighted by Crippen LogP contribution is 2.34. The Morgan fingerprint density at radius 2 is 1.85 bits per heavy atom. The molecule has 248 valence electrons. The van der Waals surface area contributed by atoms with E-state index in [2.05, 4.69) is 20.3 Å². The number of nitrogens with two attached hydrogens (primary N) is 2. The Hall–Kier alpha value is -4.00. The van der Waals surface area contributed by atoms with Gasteiger partial charge in [0, 0.05) is 43.5 Å². The second-order valence-electron chi connectivity index (χ2n) is 11.7. The molecule has 9 nitrogen and oxygen atoms in total. The fraction of sp³-hybridized carbons (Fsp3) is 0.441. The van der Waals surface area contributed by atoms with E-state index in [1.54, 1.807) is 32.4 Å². The van der Waals surface area contributed by atoms with Crippen LogP contribution in [0.25, 0.3) is 28.0 Å². The number of alkyl halides is 3. The summed E-state index contributed by atoms with van der Waals surface area (Å²) >= 11 is 0. The lowest BCUT2D eigenvalue weighted by Gasteiger charge is -2.13. The van der Waals surface area contributed by atoms with E-state index in [-0.39, 0.29) is 6.04 Å². The van der Waals surface area contributed by atoms with Gasteiger partial charge in [-0.3, -0.25) is 9.56 Å². The molecule has 0 amide bonds. The first-order valence-electron chi connectivity index (χ1n) is 15.7. The van der Waals surface area contributed by atoms with Crippen LogP contribution in [-0.4, -0.2) is 53.2 Å². The zero-order valence-electron chi connectivity index (χ0n) is 26.5. The number of nitrogens with one attached hydrogen (secondary N) is 2. The van der Waals surface area contributed by atoms with Gasteiger partial charge in [-0.1, -0.05) is 31.4 Å². The Bertz CT molecular complexity index is 1640. The molecule has 12 heteroatoms. The molecule has 2 aromatic carbocycles. The molecule has 6 N–H and O–H groups in total. The Kier molecular flexibility index (Phi) is 12.5. The third kappa shape index (κ3) is 10.8. The number of aromatic amines is 1. The van der Waals surface area contributed by atoms with Crippen molar-refractivity contribution in [3.63, 3.8) is 0 Å². The van der Waals surface area contributed by atoms with Gasteiger partial charge in [0.15, 0.2) is 0 Å². The van der Waals surface area contributed by atoms with E-state index < -0.39 is 17.4 Å². The molecule has 1 atom stereocenters. The molecule has 0 saturated heterocycles. The van der Waals surface area contributed by atoms with Crippen molar-refractivity contribution in [3.8, 4) is 16.9 Å². The number of rotatable bonds is 14. The van der Waals surface area contributed by atoms with Crippen LogP contribution in [0.1, 0.15) is 62.1 Å². The van der Waals surface area contributed by atoms with E-state index in [4.69, 9.17) is 16.2 Å². The zero-order valence-corrected chi connectivity index (χ0v) is 26.5. The first-order valence-corrected chi connectivity index (χ1v) is 15.7. The van der Waals surface area contributed by atoms with Crippen molar-refractivity contribution in [2.75, 3.05) is 26.8 Å². The molecule has 1 unspecified atom stereocenters. The number of fused-ring (bicyclic) bond motifs is 1. The first kappa shape index (κ1) is 34.9. The highest BCUT2D eigenvalue weighted by atomic mass is 19.4. The summed E-state index contributed by atoms with van der Waals surface area (Å²) in [5.74, 6) is 0.574. The summed E-state index contributed by atoms with van der Waals surface area (Å²) in [6, 6.07) is 13.1. The van der Waals surface area contributed by atoms with E-state index in [1.165, 1.54) is 29.9 Å². The lowest BCUT2D eigenvalue weighted by molar-refractivity contribution is -0.137. The number of ether oxygens (including phenoxy) is 1. The summed E-state index contributed by atoms with van der Waals surface area (Å²) in [6.45, 7) is 4.29. The predicted molar refractivity (Wildman–Crippen MR) is 177 cm³/mol. The summed E-state index contributed by atoms with van der Waals surface area (Å²) in [5, 5.41) is 3.95. The number of nitrogens with zero attached hydrogens (tertiary/aromatic N) is 3. The minimum atomic E-state index is -4.51. The number of aromatic nitrogens is 3. The van der Waals surface area contributed by atoms with E-state index in [0.29, 0.717) is 78.3 Å². The maximum absolute atomic E-state index is 13.8. The van der Waals surface area contributed by atoms with Crippen LogP contribution in [0.2, 0.25) is 0 Å². The number of aliphatic imine (C=N–C) groups is 1. The van der Waals surface area contributed by atoms with Crippen molar-refractivity contribution in [1.82, 2.24) is 19.9 Å². The highest BCUT2D eigenvalue weighted by Gasteiger charge is 2.31. The maximum Gasteiger partial charge on any atom is 0.416 e. The molecule has 1 aliphatic carbocycles. The average Bonchev–Trinajstić information content (AvgIpc) is 3.84. The Balaban J connectivity index is 0.00000151. The molecule has 1 saturated carbocycles. The molecule has 1 aliphatic rings. The van der Waals surface area contributed by atoms with Crippen LogP contribution >= 0.6 is 0 Å². The Morgan fingerprint density at radius 1 is 1.11 bits per heavy atom. The summed E-state index contributed by atoms with van der Waals surface area (Å²) in [7, 11) is 1.56. The van der Waals surface area contributed by atoms with E-state index >= 15 is 0 Å². The van der Waals surface area contributed by atoms with Gasteiger partial charge in [-0.25, -0.2) is 4.79 Å². The van der Waals surface area contributed by atoms with Gasteiger partial charge in [-0.2, -0.15) is 18.2 Å². The third-order valence-corrected chi connectivity index (χ3v) is 7.33. The van der Waals surface area contributed by atoms with Gasteiger partial charge >= 0.3 is 11.9 Å². The van der Waals surface area contributed by atoms with Gasteiger partial charge in [0.05, 0.1) is 23.7 Å². The molecule has 4 aromatic rings. The number of aryl methyl sites for hydroxylation is 1. The summed E-state index contributed by atoms with van der Waals surface area (Å²) in [4.78, 5) is 24.2. The van der Waals surface area contributed by atoms with E-state index in [0.717, 1.165) is 24.6 Å². The molecule has 46 heavy (non-hydrogen) atoms. The number of hydrogen-bond donors (Lipinski definition) is 4. The monoisotopic (exact) mass is 639 g/mol. The number of amidine groups is 1. The SMILES string of the molecule is C1CC1.COCC(N)CCCc1cc(-c2cc3cn(-c4ccc(CNCCCN=C(C)N)cc4)c(=O)nc3[nH]2)cc(C(F)(F)F)c1. The fourth-order valence-corrected chi connectivity index (χ4v) is 4.82. The van der Waals surface area contributed by atoms with Crippen molar-refractivity contribution in [3.05, 3.63) is 81.9 Å². The Labute approximate surface area is 267 Å². The van der Waals surface area contributed by atoms with E-state index in [9.17, 15) is 18.0 Å². The zero-order chi connectivity index (χ0) is 33.1. The first-order chi connectivity index (χ1) is 22.0. The van der Waals surface area contributed by atoms with Crippen LogP contribution in [0.4, 0.5) is 13.2 Å². The lowest BCUT2D eigenvalue weighted by Crippen LogP contribution is -2.25. The molecule has 0 radical (unpaired) electrons. The lowest BCUT2D eigenvalue weighted by atomic mass is 9.98. The van der Waals surface area contributed by atoms with Gasteiger partial charge < -0.3 is 26.5 Å². The van der Waals surface area contributed by atoms with E-state index in [1.807, 2.05) is 24.3 Å². The second kappa shape index (κ2) is 16.5. The molecule has 0 bridgehead atoms. The quantitative estimate of drug-likeness (QED) is 0.0792. The maximum atomic E-state index is 13.8. The number of H-pyrrole nitrogens is 1. The summed E-state index contributed by atoms with van der Waals surface area (Å²) < 4.78 is 47.8. The predicted octanol–water partition coefficient (Wildman–Crippen LogP) is 5.72. The number of halogens is 3. The van der Waals surface area contributed by atoms with Crippen LogP contribution in [0.5, 0.6) is 0 Å². The topological polar surface area (TPSA) is 136 Å². The average molecular weight is 640 g/mol. The van der Waals surface area contributed by atoms with Crippen LogP contribution in [0.15, 0.2) is 64.5 Å². The number of benzene rings is 2. The molecule has 1 fully saturated rings. The van der Waals surface area contributed by atoms with Gasteiger partial charge in [0.25, 0.3) is 0 Å². The largest absolute Gasteiger partial charge is 0.416 e. The standard InChI is InChI=1S/C31H38F3N7O2.C3H6/c1-20(35)38-12-4-11-37-17-21-7-9-27(10-8-21)41-18-24-16-28(39-29(24)40-30(41)42)23-13-22(5-3-6-26(36)19-43-2)14-25(15-23)31(32,33)34;1-2-3-1/h7-10,13-16,18,26,37H,3-6,11-12,17,19,36H2,1-2H3,(H2,35,38)(H,39,40,42);1-3H2. The van der Waals surface area contributed by atoms with Crippen molar-refractivity contribution in [2.24, 2.45) is 16.5 Å². The van der Waals surface area contributed by atoms with Crippen molar-refractivity contribution in [1.29, 1.82) is 0 Å². The minimum Gasteiger partial charge on any atom is -0.388 e. The van der Waals surface area contributed by atoms with Crippen LogP contribution in [-0.2, 0) is 23.9 Å². The van der Waals surface area contributed by atoms with Gasteiger partial charge in [0.2, 0.25) is 0 Å². The van der Waals surface area contributed by atoms with Gasteiger partial charge in [0.1, 0.15) is 5.65 Å². The summed E-state index contributed by atoms with van der Waals surface area (Å²) in [6.07, 6.45) is 4.20. The molecular weight excluding hydrogens is 595 g/mol. The smallest absolute Gasteiger partial charge is 0.388 e. The minimum absolute atomic E-state index is 0.174. The van der Waals surface area contributed by atoms with Crippen LogP contribution in [0.3, 0.4) is 0 Å². The van der Waals surface area contributed by atoms with Crippen molar-refractivity contribution >= 4 is 16.9 Å². The highest BCUT2D eigenvalue weighted by molar-refractivity contribution is 5.83. The molecule has 2 heterocycles. The molecular formula is C34H44F3N7O2.